The second kappa shape index (κ2) is 8.36. The number of sulfonamides is 1. The molecule has 30 heavy (non-hydrogen) atoms. The summed E-state index contributed by atoms with van der Waals surface area (Å²) < 4.78 is 65.5. The number of hydrogen-bond acceptors (Lipinski definition) is 5. The maximum Gasteiger partial charge on any atom is 0.416 e. The molecule has 0 spiro atoms. The fourth-order valence-electron chi connectivity index (χ4n) is 2.42. The predicted molar refractivity (Wildman–Crippen MR) is 106 cm³/mol. The van der Waals surface area contributed by atoms with E-state index in [1.807, 2.05) is 0 Å². The van der Waals surface area contributed by atoms with E-state index < -0.39 is 31.6 Å². The Balaban J connectivity index is 1.72. The Bertz CT molecular complexity index is 1160. The molecule has 0 atom stereocenters. The van der Waals surface area contributed by atoms with E-state index >= 15 is 0 Å². The SMILES string of the molecule is O=[N+]([O-])c1ccc(Sc2ccc(NS(=O)(=O)c3cccc(C(F)(F)F)c3)cc2)cc1. The van der Waals surface area contributed by atoms with Crippen molar-refractivity contribution in [2.24, 2.45) is 0 Å². The zero-order chi connectivity index (χ0) is 21.9. The van der Waals surface area contributed by atoms with Crippen molar-refractivity contribution in [2.75, 3.05) is 4.72 Å². The summed E-state index contributed by atoms with van der Waals surface area (Å²) >= 11 is 1.31. The predicted octanol–water partition coefficient (Wildman–Crippen LogP) is 5.57. The highest BCUT2D eigenvalue weighted by molar-refractivity contribution is 7.99. The molecule has 0 aliphatic rings. The minimum Gasteiger partial charge on any atom is -0.280 e. The van der Waals surface area contributed by atoms with Gasteiger partial charge in [-0.25, -0.2) is 8.42 Å². The van der Waals surface area contributed by atoms with Crippen LogP contribution in [0.3, 0.4) is 0 Å². The molecular weight excluding hydrogens is 441 g/mol. The fourth-order valence-corrected chi connectivity index (χ4v) is 4.34. The summed E-state index contributed by atoms with van der Waals surface area (Å²) in [4.78, 5) is 11.2. The number of non-ortho nitro benzene ring substituents is 1. The lowest BCUT2D eigenvalue weighted by molar-refractivity contribution is -0.384. The van der Waals surface area contributed by atoms with Crippen LogP contribution in [-0.4, -0.2) is 13.3 Å². The van der Waals surface area contributed by atoms with Gasteiger partial charge in [0.1, 0.15) is 0 Å². The van der Waals surface area contributed by atoms with E-state index in [-0.39, 0.29) is 11.4 Å². The van der Waals surface area contributed by atoms with E-state index in [1.54, 1.807) is 24.3 Å². The average molecular weight is 454 g/mol. The van der Waals surface area contributed by atoms with Crippen LogP contribution in [-0.2, 0) is 16.2 Å². The highest BCUT2D eigenvalue weighted by atomic mass is 32.2. The van der Waals surface area contributed by atoms with Gasteiger partial charge in [0.25, 0.3) is 15.7 Å². The van der Waals surface area contributed by atoms with E-state index in [0.717, 1.165) is 28.0 Å². The summed E-state index contributed by atoms with van der Waals surface area (Å²) in [5.74, 6) is 0. The van der Waals surface area contributed by atoms with Gasteiger partial charge >= 0.3 is 6.18 Å². The first-order chi connectivity index (χ1) is 14.0. The van der Waals surface area contributed by atoms with Gasteiger partial charge in [-0.3, -0.25) is 14.8 Å². The molecule has 3 rings (SSSR count). The zero-order valence-corrected chi connectivity index (χ0v) is 16.6. The Morgan fingerprint density at radius 1 is 0.900 bits per heavy atom. The second-order valence-corrected chi connectivity index (χ2v) is 8.84. The minimum absolute atomic E-state index is 0.0290. The highest BCUT2D eigenvalue weighted by Crippen LogP contribution is 2.32. The average Bonchev–Trinajstić information content (AvgIpc) is 2.69. The fraction of sp³-hybridized carbons (Fsp3) is 0.0526. The van der Waals surface area contributed by atoms with Gasteiger partial charge in [-0.2, -0.15) is 13.2 Å². The molecule has 0 heterocycles. The van der Waals surface area contributed by atoms with Gasteiger partial charge in [-0.15, -0.1) is 0 Å². The molecule has 3 aromatic carbocycles. The molecule has 0 bridgehead atoms. The maximum atomic E-state index is 12.8. The topological polar surface area (TPSA) is 89.3 Å². The van der Waals surface area contributed by atoms with Crippen molar-refractivity contribution in [3.8, 4) is 0 Å². The monoisotopic (exact) mass is 454 g/mol. The van der Waals surface area contributed by atoms with E-state index in [2.05, 4.69) is 4.72 Å². The van der Waals surface area contributed by atoms with Crippen LogP contribution in [0.5, 0.6) is 0 Å². The van der Waals surface area contributed by atoms with Gasteiger partial charge in [0.15, 0.2) is 0 Å². The molecule has 156 valence electrons. The van der Waals surface area contributed by atoms with Crippen LogP contribution >= 0.6 is 11.8 Å². The first-order valence-electron chi connectivity index (χ1n) is 8.27. The van der Waals surface area contributed by atoms with E-state index in [0.29, 0.717) is 6.07 Å². The number of benzene rings is 3. The summed E-state index contributed by atoms with van der Waals surface area (Å²) in [5, 5.41) is 10.7. The lowest BCUT2D eigenvalue weighted by Gasteiger charge is -2.11. The van der Waals surface area contributed by atoms with E-state index in [4.69, 9.17) is 0 Å². The van der Waals surface area contributed by atoms with Crippen LogP contribution in [0.15, 0.2) is 87.5 Å². The number of nitro groups is 1. The third-order valence-corrected chi connectivity index (χ3v) is 6.26. The number of nitrogens with one attached hydrogen (secondary N) is 1. The minimum atomic E-state index is -4.65. The summed E-state index contributed by atoms with van der Waals surface area (Å²) in [6.07, 6.45) is -4.65. The van der Waals surface area contributed by atoms with E-state index in [1.165, 1.54) is 36.0 Å². The molecule has 0 aromatic heterocycles. The first-order valence-corrected chi connectivity index (χ1v) is 10.6. The normalized spacial score (nSPS) is 11.8. The number of anilines is 1. The first kappa shape index (κ1) is 21.7. The van der Waals surface area contributed by atoms with Crippen molar-refractivity contribution in [1.82, 2.24) is 0 Å². The molecular formula is C19H13F3N2O4S2. The van der Waals surface area contributed by atoms with Crippen molar-refractivity contribution in [1.29, 1.82) is 0 Å². The molecule has 0 aliphatic carbocycles. The van der Waals surface area contributed by atoms with Gasteiger partial charge in [0, 0.05) is 27.6 Å². The largest absolute Gasteiger partial charge is 0.416 e. The summed E-state index contributed by atoms with van der Waals surface area (Å²) in [5.41, 5.74) is -0.903. The Hall–Kier alpha value is -3.05. The number of nitro benzene ring substituents is 1. The number of nitrogens with zero attached hydrogens (tertiary/aromatic N) is 1. The summed E-state index contributed by atoms with van der Waals surface area (Å²) in [6, 6.07) is 15.6. The number of rotatable bonds is 6. The standard InChI is InChI=1S/C19H13F3N2O4S2/c20-19(21,22)13-2-1-3-18(12-13)30(27,28)23-14-4-8-16(9-5-14)29-17-10-6-15(7-11-17)24(25)26/h1-12,23H. The zero-order valence-electron chi connectivity index (χ0n) is 15.0. The van der Waals surface area contributed by atoms with Crippen molar-refractivity contribution in [3.05, 3.63) is 88.5 Å². The van der Waals surface area contributed by atoms with Gasteiger partial charge in [-0.1, -0.05) is 17.8 Å². The van der Waals surface area contributed by atoms with Crippen LogP contribution < -0.4 is 4.72 Å². The third-order valence-electron chi connectivity index (χ3n) is 3.86. The Kier molecular flexibility index (Phi) is 6.04. The molecule has 6 nitrogen and oxygen atoms in total. The molecule has 0 unspecified atom stereocenters. The molecule has 0 amide bonds. The molecule has 3 aromatic rings. The van der Waals surface area contributed by atoms with Crippen LogP contribution in [0.4, 0.5) is 24.5 Å². The van der Waals surface area contributed by atoms with Gasteiger partial charge < -0.3 is 0 Å². The number of alkyl halides is 3. The Morgan fingerprint density at radius 2 is 1.47 bits per heavy atom. The highest BCUT2D eigenvalue weighted by Gasteiger charge is 2.31. The molecule has 0 radical (unpaired) electrons. The van der Waals surface area contributed by atoms with Crippen molar-refractivity contribution in [3.63, 3.8) is 0 Å². The molecule has 0 aliphatic heterocycles. The lowest BCUT2D eigenvalue weighted by atomic mass is 10.2. The summed E-state index contributed by atoms with van der Waals surface area (Å²) in [6.45, 7) is 0. The summed E-state index contributed by atoms with van der Waals surface area (Å²) in [7, 11) is -4.20. The Morgan fingerprint density at radius 3 is 2.00 bits per heavy atom. The Labute approximate surface area is 173 Å². The van der Waals surface area contributed by atoms with Crippen molar-refractivity contribution in [2.45, 2.75) is 20.9 Å². The maximum absolute atomic E-state index is 12.8. The number of halogens is 3. The molecule has 0 saturated carbocycles. The van der Waals surface area contributed by atoms with Gasteiger partial charge in [0.2, 0.25) is 0 Å². The van der Waals surface area contributed by atoms with Crippen molar-refractivity contribution < 1.29 is 26.5 Å². The smallest absolute Gasteiger partial charge is 0.280 e. The molecule has 11 heteroatoms. The van der Waals surface area contributed by atoms with Crippen LogP contribution in [0.1, 0.15) is 5.56 Å². The quantitative estimate of drug-likeness (QED) is 0.389. The molecule has 0 fully saturated rings. The number of hydrogen-bond donors (Lipinski definition) is 1. The van der Waals surface area contributed by atoms with Crippen LogP contribution in [0.2, 0.25) is 0 Å². The van der Waals surface area contributed by atoms with Crippen molar-refractivity contribution >= 4 is 33.2 Å². The van der Waals surface area contributed by atoms with Crippen LogP contribution in [0.25, 0.3) is 0 Å². The third kappa shape index (κ3) is 5.30. The van der Waals surface area contributed by atoms with Gasteiger partial charge in [0.05, 0.1) is 15.4 Å². The van der Waals surface area contributed by atoms with Crippen LogP contribution in [0, 0.1) is 10.1 Å². The second-order valence-electron chi connectivity index (χ2n) is 6.01. The van der Waals surface area contributed by atoms with Gasteiger partial charge in [-0.05, 0) is 54.6 Å². The molecule has 1 N–H and O–H groups in total. The lowest BCUT2D eigenvalue weighted by Crippen LogP contribution is -2.14. The van der Waals surface area contributed by atoms with E-state index in [9.17, 15) is 31.7 Å². The molecule has 0 saturated heterocycles.